The summed E-state index contributed by atoms with van der Waals surface area (Å²) in [6, 6.07) is 1.89. The molecule has 0 saturated heterocycles. The van der Waals surface area contributed by atoms with Gasteiger partial charge in [-0.1, -0.05) is 30.1 Å². The number of halogens is 2. The number of imidazole rings is 1. The number of hydrogen-bond donors (Lipinski definition) is 0. The Morgan fingerprint density at radius 3 is 2.86 bits per heavy atom. The lowest BCUT2D eigenvalue weighted by atomic mass is 10.5. The van der Waals surface area contributed by atoms with Crippen molar-refractivity contribution >= 4 is 23.2 Å². The maximum Gasteiger partial charge on any atom is 0.217 e. The largest absolute Gasteiger partial charge is 0.361 e. The summed E-state index contributed by atoms with van der Waals surface area (Å²) in [5.41, 5.74) is 0. The van der Waals surface area contributed by atoms with Crippen LogP contribution in [-0.2, 0) is 11.5 Å². The summed E-state index contributed by atoms with van der Waals surface area (Å²) in [6.07, 6.45) is 0.905. The lowest BCUT2D eigenvalue weighted by Crippen LogP contribution is -2.05. The van der Waals surface area contributed by atoms with E-state index >= 15 is 0 Å². The molecule has 0 saturated carbocycles. The highest BCUT2D eigenvalue weighted by atomic mass is 35.5. The topological polar surface area (TPSA) is 50.8 Å². The fourth-order valence-corrected chi connectivity index (χ4v) is 1.26. The van der Waals surface area contributed by atoms with Crippen LogP contribution in [0.2, 0.25) is 10.3 Å². The van der Waals surface area contributed by atoms with E-state index in [1.807, 2.05) is 13.0 Å². The lowest BCUT2D eigenvalue weighted by molar-refractivity contribution is 0.0771. The first-order chi connectivity index (χ1) is 6.70. The van der Waals surface area contributed by atoms with Gasteiger partial charge in [0, 0.05) is 6.61 Å². The van der Waals surface area contributed by atoms with Crippen LogP contribution < -0.4 is 0 Å². The molecule has 0 bridgehead atoms. The Bertz CT molecular complexity index is 356. The van der Waals surface area contributed by atoms with Crippen molar-refractivity contribution in [1.82, 2.24) is 9.55 Å². The molecule has 0 aliphatic carbocycles. The van der Waals surface area contributed by atoms with Crippen LogP contribution in [0.25, 0.3) is 0 Å². The average Bonchev–Trinajstić information content (AvgIpc) is 2.45. The molecule has 1 aromatic heterocycles. The van der Waals surface area contributed by atoms with E-state index in [2.05, 4.69) is 4.98 Å². The molecule has 0 N–H and O–H groups in total. The van der Waals surface area contributed by atoms with Gasteiger partial charge < -0.3 is 4.74 Å². The third-order valence-electron chi connectivity index (χ3n) is 1.54. The van der Waals surface area contributed by atoms with Crippen LogP contribution in [0.15, 0.2) is 0 Å². The zero-order valence-electron chi connectivity index (χ0n) is 7.63. The molecule has 0 unspecified atom stereocenters. The number of nitrogens with zero attached hydrogens (tertiary/aromatic N) is 3. The van der Waals surface area contributed by atoms with Gasteiger partial charge in [0.05, 0.1) is 0 Å². The molecule has 0 atom stereocenters. The molecule has 0 fully saturated rings. The van der Waals surface area contributed by atoms with Gasteiger partial charge in [-0.05, 0) is 6.42 Å². The van der Waals surface area contributed by atoms with Crippen molar-refractivity contribution in [3.63, 3.8) is 0 Å². The fourth-order valence-electron chi connectivity index (χ4n) is 0.907. The van der Waals surface area contributed by atoms with Gasteiger partial charge in [-0.3, -0.25) is 4.57 Å². The summed E-state index contributed by atoms with van der Waals surface area (Å²) in [4.78, 5) is 3.76. The average molecular weight is 234 g/mol. The van der Waals surface area contributed by atoms with Gasteiger partial charge in [0.2, 0.25) is 5.82 Å². The fraction of sp³-hybridized carbons (Fsp3) is 0.500. The Labute approximate surface area is 92.0 Å². The van der Waals surface area contributed by atoms with Crippen LogP contribution in [0.5, 0.6) is 0 Å². The molecule has 1 heterocycles. The number of nitriles is 1. The Hall–Kier alpha value is -0.760. The molecule has 6 heteroatoms. The second-order valence-corrected chi connectivity index (χ2v) is 3.31. The summed E-state index contributed by atoms with van der Waals surface area (Å²) in [5, 5.41) is 9.07. The maximum atomic E-state index is 8.71. The second kappa shape index (κ2) is 5.20. The molecule has 76 valence electrons. The quantitative estimate of drug-likeness (QED) is 0.751. The zero-order chi connectivity index (χ0) is 10.6. The third-order valence-corrected chi connectivity index (χ3v) is 2.28. The highest BCUT2D eigenvalue weighted by Gasteiger charge is 2.13. The van der Waals surface area contributed by atoms with E-state index < -0.39 is 0 Å². The normalized spacial score (nSPS) is 10.1. The van der Waals surface area contributed by atoms with Gasteiger partial charge in [0.25, 0.3) is 0 Å². The van der Waals surface area contributed by atoms with Crippen LogP contribution in [0.1, 0.15) is 19.2 Å². The van der Waals surface area contributed by atoms with Crippen molar-refractivity contribution < 1.29 is 4.74 Å². The molecule has 0 aliphatic rings. The molecule has 1 rings (SSSR count). The molecule has 0 spiro atoms. The molecule has 14 heavy (non-hydrogen) atoms. The van der Waals surface area contributed by atoms with Gasteiger partial charge in [0.15, 0.2) is 10.3 Å². The first-order valence-corrected chi connectivity index (χ1v) is 4.85. The highest BCUT2D eigenvalue weighted by Crippen LogP contribution is 2.22. The first-order valence-electron chi connectivity index (χ1n) is 4.10. The van der Waals surface area contributed by atoms with Crippen LogP contribution in [-0.4, -0.2) is 16.2 Å². The van der Waals surface area contributed by atoms with Crippen molar-refractivity contribution in [1.29, 1.82) is 5.26 Å². The smallest absolute Gasteiger partial charge is 0.217 e. The Morgan fingerprint density at radius 2 is 2.29 bits per heavy atom. The monoisotopic (exact) mass is 233 g/mol. The van der Waals surface area contributed by atoms with Gasteiger partial charge in [-0.2, -0.15) is 5.26 Å². The Balaban J connectivity index is 2.79. The van der Waals surface area contributed by atoms with Crippen LogP contribution in [0, 0.1) is 11.3 Å². The predicted molar refractivity (Wildman–Crippen MR) is 53.2 cm³/mol. The maximum absolute atomic E-state index is 8.71. The van der Waals surface area contributed by atoms with Crippen molar-refractivity contribution in [2.75, 3.05) is 6.61 Å². The van der Waals surface area contributed by atoms with Gasteiger partial charge >= 0.3 is 0 Å². The minimum Gasteiger partial charge on any atom is -0.361 e. The van der Waals surface area contributed by atoms with Gasteiger partial charge in [-0.15, -0.1) is 0 Å². The molecule has 0 aromatic carbocycles. The van der Waals surface area contributed by atoms with Gasteiger partial charge in [-0.25, -0.2) is 4.98 Å². The Kier molecular flexibility index (Phi) is 4.21. The zero-order valence-corrected chi connectivity index (χ0v) is 9.14. The number of aromatic nitrogens is 2. The minimum absolute atomic E-state index is 0.128. The van der Waals surface area contributed by atoms with Crippen molar-refractivity contribution in [3.05, 3.63) is 16.1 Å². The molecule has 0 radical (unpaired) electrons. The lowest BCUT2D eigenvalue weighted by Gasteiger charge is -2.05. The SMILES string of the molecule is CCCOCn1c(C#N)nc(Cl)c1Cl. The van der Waals surface area contributed by atoms with E-state index in [1.54, 1.807) is 0 Å². The molecule has 0 amide bonds. The third kappa shape index (κ3) is 2.38. The first kappa shape index (κ1) is 11.3. The van der Waals surface area contributed by atoms with Crippen LogP contribution >= 0.6 is 23.2 Å². The summed E-state index contributed by atoms with van der Waals surface area (Å²) < 4.78 is 6.66. The summed E-state index contributed by atoms with van der Waals surface area (Å²) in [6.45, 7) is 2.81. The van der Waals surface area contributed by atoms with Gasteiger partial charge in [0.1, 0.15) is 12.8 Å². The van der Waals surface area contributed by atoms with E-state index in [0.29, 0.717) is 6.61 Å². The van der Waals surface area contributed by atoms with Crippen molar-refractivity contribution in [3.8, 4) is 6.07 Å². The van der Waals surface area contributed by atoms with Crippen molar-refractivity contribution in [2.24, 2.45) is 0 Å². The summed E-state index contributed by atoms with van der Waals surface area (Å²) >= 11 is 11.5. The van der Waals surface area contributed by atoms with E-state index in [9.17, 15) is 0 Å². The molecule has 0 aliphatic heterocycles. The van der Waals surface area contributed by atoms with E-state index in [-0.39, 0.29) is 22.9 Å². The highest BCUT2D eigenvalue weighted by molar-refractivity contribution is 6.40. The molecule has 1 aromatic rings. The second-order valence-electron chi connectivity index (χ2n) is 2.59. The molecule has 4 nitrogen and oxygen atoms in total. The standard InChI is InChI=1S/C8H9Cl2N3O/c1-2-3-14-5-13-6(4-11)12-7(9)8(13)10/h2-3,5H2,1H3. The molecular weight excluding hydrogens is 225 g/mol. The van der Waals surface area contributed by atoms with Crippen LogP contribution in [0.3, 0.4) is 0 Å². The van der Waals surface area contributed by atoms with E-state index in [4.69, 9.17) is 33.2 Å². The van der Waals surface area contributed by atoms with E-state index in [0.717, 1.165) is 6.42 Å². The van der Waals surface area contributed by atoms with E-state index in [1.165, 1.54) is 4.57 Å². The molecular formula is C8H9Cl2N3O. The van der Waals surface area contributed by atoms with Crippen LogP contribution in [0.4, 0.5) is 0 Å². The number of ether oxygens (including phenoxy) is 1. The predicted octanol–water partition coefficient (Wildman–Crippen LogP) is 2.45. The van der Waals surface area contributed by atoms with Crippen molar-refractivity contribution in [2.45, 2.75) is 20.1 Å². The summed E-state index contributed by atoms with van der Waals surface area (Å²) in [7, 11) is 0. The Morgan fingerprint density at radius 1 is 1.57 bits per heavy atom. The number of hydrogen-bond acceptors (Lipinski definition) is 3. The number of rotatable bonds is 4. The minimum atomic E-state index is 0.128. The summed E-state index contributed by atoms with van der Waals surface area (Å²) in [5.74, 6) is 0.163.